The van der Waals surface area contributed by atoms with E-state index in [-0.39, 0.29) is 30.1 Å². The lowest BCUT2D eigenvalue weighted by Gasteiger charge is -2.09. The van der Waals surface area contributed by atoms with Crippen LogP contribution in [-0.4, -0.2) is 25.2 Å². The van der Waals surface area contributed by atoms with Crippen LogP contribution in [-0.2, 0) is 9.53 Å². The smallest absolute Gasteiger partial charge is 0.351 e. The number of aryl methyl sites for hydroxylation is 1. The molecule has 0 saturated carbocycles. The van der Waals surface area contributed by atoms with Gasteiger partial charge in [0, 0.05) is 11.5 Å². The number of benzene rings is 2. The van der Waals surface area contributed by atoms with Gasteiger partial charge >= 0.3 is 17.6 Å². The van der Waals surface area contributed by atoms with Crippen LogP contribution in [0.2, 0.25) is 0 Å². The first-order valence-electron chi connectivity index (χ1n) is 8.62. The average Bonchev–Trinajstić information content (AvgIpc) is 2.67. The van der Waals surface area contributed by atoms with E-state index in [4.69, 9.17) is 18.6 Å². The van der Waals surface area contributed by atoms with Gasteiger partial charge in [0.1, 0.15) is 22.6 Å². The van der Waals surface area contributed by atoms with E-state index in [1.165, 1.54) is 18.2 Å². The second-order valence-electron chi connectivity index (χ2n) is 5.90. The number of carbonyl (C=O) groups excluding carboxylic acids is 2. The molecule has 0 saturated heterocycles. The molecule has 3 aromatic rings. The van der Waals surface area contributed by atoms with Crippen LogP contribution in [0.4, 0.5) is 0 Å². The topological polar surface area (TPSA) is 92.0 Å². The van der Waals surface area contributed by atoms with Gasteiger partial charge in [0.25, 0.3) is 0 Å². The van der Waals surface area contributed by atoms with E-state index < -0.39 is 17.6 Å². The summed E-state index contributed by atoms with van der Waals surface area (Å²) in [5, 5.41) is 0.499. The number of esters is 2. The maximum absolute atomic E-state index is 12.0. The molecule has 0 bridgehead atoms. The molecule has 7 nitrogen and oxygen atoms in total. The van der Waals surface area contributed by atoms with Crippen LogP contribution in [0.3, 0.4) is 0 Å². The fourth-order valence-electron chi connectivity index (χ4n) is 2.52. The van der Waals surface area contributed by atoms with Gasteiger partial charge in [-0.2, -0.15) is 0 Å². The van der Waals surface area contributed by atoms with Crippen molar-refractivity contribution in [1.29, 1.82) is 0 Å². The molecule has 2 aromatic carbocycles. The summed E-state index contributed by atoms with van der Waals surface area (Å²) in [6, 6.07) is 13.2. The van der Waals surface area contributed by atoms with Crippen LogP contribution in [0.15, 0.2) is 57.7 Å². The monoisotopic (exact) mass is 382 g/mol. The average molecular weight is 382 g/mol. The predicted octanol–water partition coefficient (Wildman–Crippen LogP) is 3.26. The van der Waals surface area contributed by atoms with Gasteiger partial charge in [0.15, 0.2) is 6.61 Å². The third kappa shape index (κ3) is 4.37. The van der Waals surface area contributed by atoms with Crippen LogP contribution in [0, 0.1) is 6.92 Å². The second kappa shape index (κ2) is 8.39. The van der Waals surface area contributed by atoms with Crippen LogP contribution in [0.1, 0.15) is 22.8 Å². The maximum atomic E-state index is 12.0. The Hall–Kier alpha value is -3.61. The minimum absolute atomic E-state index is 0.149. The summed E-state index contributed by atoms with van der Waals surface area (Å²) in [7, 11) is 0. The van der Waals surface area contributed by atoms with Crippen molar-refractivity contribution < 1.29 is 28.2 Å². The molecule has 0 atom stereocenters. The van der Waals surface area contributed by atoms with E-state index >= 15 is 0 Å². The number of carbonyl (C=O) groups is 2. The molecule has 0 aliphatic heterocycles. The highest BCUT2D eigenvalue weighted by molar-refractivity contribution is 5.93. The van der Waals surface area contributed by atoms with Crippen molar-refractivity contribution in [2.45, 2.75) is 13.8 Å². The molecule has 0 fully saturated rings. The largest absolute Gasteiger partial charge is 0.482 e. The summed E-state index contributed by atoms with van der Waals surface area (Å²) in [5.74, 6) is -0.566. The molecule has 0 amide bonds. The fraction of sp³-hybridized carbons (Fsp3) is 0.190. The van der Waals surface area contributed by atoms with Crippen LogP contribution >= 0.6 is 0 Å². The molecular formula is C21H18O7. The summed E-state index contributed by atoms with van der Waals surface area (Å²) in [4.78, 5) is 35.8. The number of ether oxygens (including phenoxy) is 3. The van der Waals surface area contributed by atoms with Crippen molar-refractivity contribution in [2.75, 3.05) is 13.2 Å². The standard InChI is InChI=1S/C21H18O7/c1-3-25-20(23)16-10-14-8-9-15(11-18(14)28-21(16)24)27-19(22)12-26-17-7-5-4-6-13(17)2/h4-11H,3,12H2,1-2H3. The Balaban J connectivity index is 1.72. The molecule has 1 heterocycles. The first-order chi connectivity index (χ1) is 13.5. The van der Waals surface area contributed by atoms with E-state index in [0.29, 0.717) is 11.1 Å². The maximum Gasteiger partial charge on any atom is 0.351 e. The van der Waals surface area contributed by atoms with Gasteiger partial charge in [0.2, 0.25) is 0 Å². The molecule has 0 unspecified atom stereocenters. The van der Waals surface area contributed by atoms with Crippen LogP contribution in [0.5, 0.6) is 11.5 Å². The molecule has 0 spiro atoms. The summed E-state index contributed by atoms with van der Waals surface area (Å²) in [5.41, 5.74) is 0.0754. The highest BCUT2D eigenvalue weighted by Crippen LogP contribution is 2.21. The van der Waals surface area contributed by atoms with Gasteiger partial charge in [-0.05, 0) is 43.7 Å². The molecular weight excluding hydrogens is 364 g/mol. The molecule has 28 heavy (non-hydrogen) atoms. The summed E-state index contributed by atoms with van der Waals surface area (Å²) in [6.07, 6.45) is 0. The Morgan fingerprint density at radius 1 is 1.07 bits per heavy atom. The fourth-order valence-corrected chi connectivity index (χ4v) is 2.52. The highest BCUT2D eigenvalue weighted by atomic mass is 16.6. The van der Waals surface area contributed by atoms with Gasteiger partial charge in [0.05, 0.1) is 6.61 Å². The lowest BCUT2D eigenvalue weighted by atomic mass is 10.2. The van der Waals surface area contributed by atoms with Gasteiger partial charge in [-0.15, -0.1) is 0 Å². The first-order valence-corrected chi connectivity index (χ1v) is 8.62. The quantitative estimate of drug-likeness (QED) is 0.367. The minimum Gasteiger partial charge on any atom is -0.482 e. The number of hydrogen-bond donors (Lipinski definition) is 0. The molecule has 0 aliphatic carbocycles. The van der Waals surface area contributed by atoms with Crippen molar-refractivity contribution >= 4 is 22.9 Å². The zero-order valence-corrected chi connectivity index (χ0v) is 15.4. The van der Waals surface area contributed by atoms with Crippen molar-refractivity contribution in [3.63, 3.8) is 0 Å². The second-order valence-corrected chi connectivity index (χ2v) is 5.90. The zero-order chi connectivity index (χ0) is 20.1. The van der Waals surface area contributed by atoms with Crippen molar-refractivity contribution in [3.8, 4) is 11.5 Å². The minimum atomic E-state index is -0.822. The zero-order valence-electron chi connectivity index (χ0n) is 15.4. The normalized spacial score (nSPS) is 10.5. The van der Waals surface area contributed by atoms with Crippen LogP contribution in [0.25, 0.3) is 11.0 Å². The first kappa shape index (κ1) is 19.2. The van der Waals surface area contributed by atoms with Crippen molar-refractivity contribution in [1.82, 2.24) is 0 Å². The van der Waals surface area contributed by atoms with E-state index in [2.05, 4.69) is 0 Å². The molecule has 0 aliphatic rings. The Labute approximate surface area is 160 Å². The Morgan fingerprint density at radius 2 is 1.86 bits per heavy atom. The van der Waals surface area contributed by atoms with E-state index in [9.17, 15) is 14.4 Å². The van der Waals surface area contributed by atoms with E-state index in [0.717, 1.165) is 5.56 Å². The van der Waals surface area contributed by atoms with Gasteiger partial charge in [-0.25, -0.2) is 14.4 Å². The molecule has 1 aromatic heterocycles. The lowest BCUT2D eigenvalue weighted by molar-refractivity contribution is -0.136. The SMILES string of the molecule is CCOC(=O)c1cc2ccc(OC(=O)COc3ccccc3C)cc2oc1=O. The third-order valence-corrected chi connectivity index (χ3v) is 3.87. The lowest BCUT2D eigenvalue weighted by Crippen LogP contribution is -2.18. The summed E-state index contributed by atoms with van der Waals surface area (Å²) < 4.78 is 20.6. The Bertz CT molecular complexity index is 1080. The Morgan fingerprint density at radius 3 is 2.61 bits per heavy atom. The van der Waals surface area contributed by atoms with Crippen LogP contribution < -0.4 is 15.1 Å². The summed E-state index contributed by atoms with van der Waals surface area (Å²) >= 11 is 0. The van der Waals surface area contributed by atoms with Crippen molar-refractivity contribution in [3.05, 3.63) is 70.1 Å². The Kier molecular flexibility index (Phi) is 5.74. The summed E-state index contributed by atoms with van der Waals surface area (Å²) in [6.45, 7) is 3.39. The number of para-hydroxylation sites is 1. The predicted molar refractivity (Wildman–Crippen MR) is 101 cm³/mol. The third-order valence-electron chi connectivity index (χ3n) is 3.87. The molecule has 7 heteroatoms. The van der Waals surface area contributed by atoms with Gasteiger partial charge < -0.3 is 18.6 Å². The van der Waals surface area contributed by atoms with E-state index in [1.54, 1.807) is 19.1 Å². The number of hydrogen-bond acceptors (Lipinski definition) is 7. The molecule has 3 rings (SSSR count). The molecule has 0 radical (unpaired) electrons. The van der Waals surface area contributed by atoms with Crippen molar-refractivity contribution in [2.24, 2.45) is 0 Å². The number of fused-ring (bicyclic) bond motifs is 1. The van der Waals surface area contributed by atoms with Gasteiger partial charge in [-0.1, -0.05) is 18.2 Å². The van der Waals surface area contributed by atoms with Gasteiger partial charge in [-0.3, -0.25) is 0 Å². The van der Waals surface area contributed by atoms with E-state index in [1.807, 2.05) is 25.1 Å². The molecule has 144 valence electrons. The molecule has 0 N–H and O–H groups in total. The highest BCUT2D eigenvalue weighted by Gasteiger charge is 2.15. The number of rotatable bonds is 6.